The highest BCUT2D eigenvalue weighted by molar-refractivity contribution is 7.16. The fourth-order valence-corrected chi connectivity index (χ4v) is 3.88. The number of likely N-dealkylation sites (N-methyl/N-ethyl adjacent to an activating group) is 1. The Balaban J connectivity index is 2.05. The van der Waals surface area contributed by atoms with E-state index in [1.54, 1.807) is 11.3 Å². The highest BCUT2D eigenvalue weighted by Gasteiger charge is 2.25. The van der Waals surface area contributed by atoms with Crippen LogP contribution in [0.5, 0.6) is 0 Å². The van der Waals surface area contributed by atoms with Gasteiger partial charge in [0.15, 0.2) is 0 Å². The standard InChI is InChI=1S/C14H19ClN4S/c1-3-10-9-18(2)6-4-7-19(10)12-11-5-8-20-13(11)17-14(15)16-12/h5,8,10H,3-4,6-7,9H2,1-2H3. The summed E-state index contributed by atoms with van der Waals surface area (Å²) >= 11 is 7.73. The molecule has 0 spiro atoms. The number of anilines is 1. The number of nitrogens with zero attached hydrogens (tertiary/aromatic N) is 4. The molecule has 20 heavy (non-hydrogen) atoms. The Morgan fingerprint density at radius 3 is 3.05 bits per heavy atom. The minimum absolute atomic E-state index is 0.349. The van der Waals surface area contributed by atoms with Crippen molar-refractivity contribution in [1.29, 1.82) is 0 Å². The lowest BCUT2D eigenvalue weighted by Crippen LogP contribution is -2.40. The van der Waals surface area contributed by atoms with Crippen LogP contribution in [0.4, 0.5) is 5.82 Å². The molecular weight excluding hydrogens is 292 g/mol. The fourth-order valence-electron chi connectivity index (χ4n) is 2.90. The van der Waals surface area contributed by atoms with Crippen LogP contribution in [0.2, 0.25) is 5.28 Å². The number of aromatic nitrogens is 2. The predicted octanol–water partition coefficient (Wildman–Crippen LogP) is 3.27. The maximum Gasteiger partial charge on any atom is 0.225 e. The third kappa shape index (κ3) is 2.62. The molecule has 108 valence electrons. The third-order valence-electron chi connectivity index (χ3n) is 3.92. The van der Waals surface area contributed by atoms with Crippen molar-refractivity contribution in [3.63, 3.8) is 0 Å². The molecule has 1 atom stereocenters. The average molecular weight is 311 g/mol. The van der Waals surface area contributed by atoms with Gasteiger partial charge in [-0.1, -0.05) is 6.92 Å². The van der Waals surface area contributed by atoms with E-state index in [1.165, 1.54) is 0 Å². The summed E-state index contributed by atoms with van der Waals surface area (Å²) in [5.41, 5.74) is 0. The van der Waals surface area contributed by atoms with Crippen LogP contribution in [0.15, 0.2) is 11.4 Å². The van der Waals surface area contributed by atoms with Gasteiger partial charge in [-0.3, -0.25) is 0 Å². The summed E-state index contributed by atoms with van der Waals surface area (Å²) in [4.78, 5) is 14.7. The second-order valence-electron chi connectivity index (χ2n) is 5.33. The van der Waals surface area contributed by atoms with Gasteiger partial charge in [-0.15, -0.1) is 11.3 Å². The molecule has 1 fully saturated rings. The number of hydrogen-bond donors (Lipinski definition) is 0. The second-order valence-corrected chi connectivity index (χ2v) is 6.56. The maximum absolute atomic E-state index is 6.11. The summed E-state index contributed by atoms with van der Waals surface area (Å²) in [6.07, 6.45) is 2.26. The van der Waals surface area contributed by atoms with E-state index in [-0.39, 0.29) is 0 Å². The first-order valence-corrected chi connectivity index (χ1v) is 8.30. The van der Waals surface area contributed by atoms with Crippen LogP contribution in [-0.2, 0) is 0 Å². The van der Waals surface area contributed by atoms with Gasteiger partial charge in [-0.25, -0.2) is 4.98 Å². The monoisotopic (exact) mass is 310 g/mol. The Morgan fingerprint density at radius 2 is 2.25 bits per heavy atom. The summed E-state index contributed by atoms with van der Waals surface area (Å²) in [7, 11) is 2.19. The van der Waals surface area contributed by atoms with Gasteiger partial charge >= 0.3 is 0 Å². The summed E-state index contributed by atoms with van der Waals surface area (Å²) in [5, 5.41) is 3.54. The molecule has 1 aliphatic rings. The van der Waals surface area contributed by atoms with E-state index in [4.69, 9.17) is 11.6 Å². The van der Waals surface area contributed by atoms with E-state index < -0.39 is 0 Å². The second kappa shape index (κ2) is 5.84. The van der Waals surface area contributed by atoms with E-state index in [0.717, 1.165) is 48.5 Å². The molecule has 0 aliphatic carbocycles. The molecule has 3 rings (SSSR count). The first kappa shape index (κ1) is 14.0. The van der Waals surface area contributed by atoms with Crippen molar-refractivity contribution in [1.82, 2.24) is 14.9 Å². The topological polar surface area (TPSA) is 32.3 Å². The lowest BCUT2D eigenvalue weighted by atomic mass is 10.1. The molecule has 0 N–H and O–H groups in total. The van der Waals surface area contributed by atoms with Crippen LogP contribution in [0.3, 0.4) is 0 Å². The van der Waals surface area contributed by atoms with E-state index in [1.807, 2.05) is 0 Å². The Labute approximate surface area is 128 Å². The molecule has 0 amide bonds. The van der Waals surface area contributed by atoms with Gasteiger partial charge in [-0.05, 0) is 49.5 Å². The van der Waals surface area contributed by atoms with Crippen molar-refractivity contribution >= 4 is 39.0 Å². The normalized spacial score (nSPS) is 21.4. The van der Waals surface area contributed by atoms with Crippen molar-refractivity contribution in [2.24, 2.45) is 0 Å². The number of halogens is 1. The van der Waals surface area contributed by atoms with Crippen LogP contribution in [0, 0.1) is 0 Å². The van der Waals surface area contributed by atoms with Gasteiger partial charge in [0.25, 0.3) is 0 Å². The highest BCUT2D eigenvalue weighted by atomic mass is 35.5. The van der Waals surface area contributed by atoms with Gasteiger partial charge in [0, 0.05) is 19.1 Å². The van der Waals surface area contributed by atoms with E-state index in [0.29, 0.717) is 11.3 Å². The zero-order valence-electron chi connectivity index (χ0n) is 11.8. The minimum Gasteiger partial charge on any atom is -0.352 e. The first-order chi connectivity index (χ1) is 9.69. The summed E-state index contributed by atoms with van der Waals surface area (Å²) in [6.45, 7) is 5.48. The molecule has 0 bridgehead atoms. The lowest BCUT2D eigenvalue weighted by molar-refractivity contribution is 0.328. The smallest absolute Gasteiger partial charge is 0.225 e. The molecule has 3 heterocycles. The van der Waals surface area contributed by atoms with E-state index in [2.05, 4.69) is 45.2 Å². The molecule has 2 aromatic rings. The average Bonchev–Trinajstić information content (AvgIpc) is 2.80. The third-order valence-corrected chi connectivity index (χ3v) is 4.90. The predicted molar refractivity (Wildman–Crippen MR) is 86.0 cm³/mol. The molecule has 1 saturated heterocycles. The summed E-state index contributed by atoms with van der Waals surface area (Å²) in [5.74, 6) is 1.00. The van der Waals surface area contributed by atoms with Gasteiger partial charge in [0.05, 0.1) is 5.39 Å². The molecule has 0 aromatic carbocycles. The molecule has 1 unspecified atom stereocenters. The van der Waals surface area contributed by atoms with E-state index in [9.17, 15) is 0 Å². The van der Waals surface area contributed by atoms with Crippen molar-refractivity contribution in [2.75, 3.05) is 31.6 Å². The largest absolute Gasteiger partial charge is 0.352 e. The molecule has 0 radical (unpaired) electrons. The Kier molecular flexibility index (Phi) is 4.10. The van der Waals surface area contributed by atoms with E-state index >= 15 is 0 Å². The van der Waals surface area contributed by atoms with Crippen LogP contribution in [-0.4, -0.2) is 47.6 Å². The van der Waals surface area contributed by atoms with Crippen molar-refractivity contribution in [3.05, 3.63) is 16.7 Å². The quantitative estimate of drug-likeness (QED) is 0.797. The van der Waals surface area contributed by atoms with Gasteiger partial charge < -0.3 is 9.80 Å². The first-order valence-electron chi connectivity index (χ1n) is 7.05. The maximum atomic E-state index is 6.11. The molecule has 1 aliphatic heterocycles. The van der Waals surface area contributed by atoms with Crippen LogP contribution < -0.4 is 4.90 Å². The Hall–Kier alpha value is -0.910. The zero-order chi connectivity index (χ0) is 14.1. The van der Waals surface area contributed by atoms with Gasteiger partial charge in [0.2, 0.25) is 5.28 Å². The number of rotatable bonds is 2. The summed E-state index contributed by atoms with van der Waals surface area (Å²) in [6, 6.07) is 2.59. The van der Waals surface area contributed by atoms with Gasteiger partial charge in [-0.2, -0.15) is 4.98 Å². The number of thiophene rings is 1. The summed E-state index contributed by atoms with van der Waals surface area (Å²) < 4.78 is 0. The molecule has 2 aromatic heterocycles. The van der Waals surface area contributed by atoms with Crippen LogP contribution in [0.25, 0.3) is 10.2 Å². The Morgan fingerprint density at radius 1 is 1.40 bits per heavy atom. The zero-order valence-corrected chi connectivity index (χ0v) is 13.4. The van der Waals surface area contributed by atoms with Crippen LogP contribution in [0.1, 0.15) is 19.8 Å². The highest BCUT2D eigenvalue weighted by Crippen LogP contribution is 2.31. The number of fused-ring (bicyclic) bond motifs is 1. The number of hydrogen-bond acceptors (Lipinski definition) is 5. The van der Waals surface area contributed by atoms with Crippen molar-refractivity contribution in [3.8, 4) is 0 Å². The van der Waals surface area contributed by atoms with Crippen molar-refractivity contribution in [2.45, 2.75) is 25.8 Å². The van der Waals surface area contributed by atoms with Gasteiger partial charge in [0.1, 0.15) is 10.6 Å². The molecule has 6 heteroatoms. The fraction of sp³-hybridized carbons (Fsp3) is 0.571. The molecular formula is C14H19ClN4S. The molecule has 4 nitrogen and oxygen atoms in total. The minimum atomic E-state index is 0.349. The lowest BCUT2D eigenvalue weighted by Gasteiger charge is -2.31. The van der Waals surface area contributed by atoms with Crippen molar-refractivity contribution < 1.29 is 0 Å². The van der Waals surface area contributed by atoms with Crippen LogP contribution >= 0.6 is 22.9 Å². The Bertz CT molecular complexity index is 600. The SMILES string of the molecule is CCC1CN(C)CCCN1c1nc(Cl)nc2sccc12. The molecule has 0 saturated carbocycles.